The molecule has 1 aliphatic rings. The van der Waals surface area contributed by atoms with Gasteiger partial charge >= 0.3 is 0 Å². The van der Waals surface area contributed by atoms with E-state index in [9.17, 15) is 4.79 Å². The Morgan fingerprint density at radius 2 is 1.96 bits per heavy atom. The second-order valence-electron chi connectivity index (χ2n) is 6.31. The van der Waals surface area contributed by atoms with Gasteiger partial charge in [0.2, 0.25) is 0 Å². The third-order valence-corrected chi connectivity index (χ3v) is 5.63. The van der Waals surface area contributed by atoms with Crippen LogP contribution < -0.4 is 10.2 Å². The quantitative estimate of drug-likeness (QED) is 0.876. The fourth-order valence-corrected chi connectivity index (χ4v) is 4.47. The lowest BCUT2D eigenvalue weighted by atomic mass is 10.1. The van der Waals surface area contributed by atoms with Gasteiger partial charge in [0.15, 0.2) is 0 Å². The number of carbonyl (C=O) groups excluding carboxylic acids is 1. The Hall–Kier alpha value is -2.16. The number of amides is 1. The largest absolute Gasteiger partial charge is 0.343 e. The molecule has 2 atom stereocenters. The monoisotopic (exact) mass is 340 g/mol. The first-order valence-electron chi connectivity index (χ1n) is 8.38. The van der Waals surface area contributed by atoms with Gasteiger partial charge in [-0.05, 0) is 42.6 Å². The number of carbonyl (C=O) groups is 1. The summed E-state index contributed by atoms with van der Waals surface area (Å²) in [5.41, 5.74) is 1.17. The number of quaternary nitrogens is 1. The van der Waals surface area contributed by atoms with Gasteiger partial charge in [-0.25, -0.2) is 0 Å². The minimum Gasteiger partial charge on any atom is -0.343 e. The molecule has 0 spiro atoms. The van der Waals surface area contributed by atoms with E-state index in [1.165, 1.54) is 30.8 Å². The molecule has 0 aliphatic carbocycles. The molecule has 1 aromatic heterocycles. The predicted molar refractivity (Wildman–Crippen MR) is 95.1 cm³/mol. The average molecular weight is 340 g/mol. The highest BCUT2D eigenvalue weighted by Crippen LogP contribution is 2.21. The molecule has 1 aliphatic heterocycles. The number of nitriles is 1. The van der Waals surface area contributed by atoms with Crippen LogP contribution in [0.3, 0.4) is 0 Å². The van der Waals surface area contributed by atoms with Crippen molar-refractivity contribution in [1.29, 1.82) is 5.26 Å². The zero-order valence-corrected chi connectivity index (χ0v) is 14.6. The number of benzene rings is 1. The summed E-state index contributed by atoms with van der Waals surface area (Å²) in [6.07, 6.45) is 2.51. The van der Waals surface area contributed by atoms with E-state index in [4.69, 9.17) is 5.26 Å². The van der Waals surface area contributed by atoms with Crippen molar-refractivity contribution in [3.05, 3.63) is 57.8 Å². The van der Waals surface area contributed by atoms with Crippen molar-refractivity contribution in [2.75, 3.05) is 13.1 Å². The normalized spacial score (nSPS) is 17.2. The van der Waals surface area contributed by atoms with Crippen molar-refractivity contribution < 1.29 is 9.69 Å². The van der Waals surface area contributed by atoms with Crippen LogP contribution in [0.1, 0.15) is 46.6 Å². The summed E-state index contributed by atoms with van der Waals surface area (Å²) in [4.78, 5) is 15.4. The molecular weight excluding hydrogens is 318 g/mol. The molecule has 124 valence electrons. The van der Waals surface area contributed by atoms with E-state index in [1.54, 1.807) is 40.5 Å². The van der Waals surface area contributed by atoms with Gasteiger partial charge in [-0.3, -0.25) is 4.79 Å². The molecule has 2 heterocycles. The first kappa shape index (κ1) is 16.7. The number of hydrogen-bond donors (Lipinski definition) is 2. The summed E-state index contributed by atoms with van der Waals surface area (Å²) in [6, 6.07) is 13.5. The van der Waals surface area contributed by atoms with E-state index in [-0.39, 0.29) is 11.9 Å². The van der Waals surface area contributed by atoms with Gasteiger partial charge < -0.3 is 10.2 Å². The van der Waals surface area contributed by atoms with Gasteiger partial charge in [-0.2, -0.15) is 5.26 Å². The maximum absolute atomic E-state index is 12.5. The molecule has 2 N–H and O–H groups in total. The number of hydrogen-bond acceptors (Lipinski definition) is 3. The highest BCUT2D eigenvalue weighted by Gasteiger charge is 2.33. The molecule has 0 saturated carbocycles. The van der Waals surface area contributed by atoms with Gasteiger partial charge in [0.1, 0.15) is 6.04 Å². The number of rotatable bonds is 5. The summed E-state index contributed by atoms with van der Waals surface area (Å²) < 4.78 is 0. The molecule has 0 bridgehead atoms. The van der Waals surface area contributed by atoms with Crippen molar-refractivity contribution >= 4 is 17.2 Å². The lowest BCUT2D eigenvalue weighted by Gasteiger charge is -2.29. The Morgan fingerprint density at radius 1 is 1.25 bits per heavy atom. The summed E-state index contributed by atoms with van der Waals surface area (Å²) in [6.45, 7) is 4.43. The molecular formula is C19H22N3OS+. The zero-order valence-electron chi connectivity index (χ0n) is 13.8. The second-order valence-corrected chi connectivity index (χ2v) is 7.29. The van der Waals surface area contributed by atoms with Crippen LogP contribution in [-0.4, -0.2) is 25.0 Å². The van der Waals surface area contributed by atoms with Crippen molar-refractivity contribution in [3.8, 4) is 6.07 Å². The summed E-state index contributed by atoms with van der Waals surface area (Å²) in [5.74, 6) is -0.0767. The van der Waals surface area contributed by atoms with Crippen LogP contribution in [-0.2, 0) is 0 Å². The second kappa shape index (κ2) is 7.61. The van der Waals surface area contributed by atoms with E-state index in [1.807, 2.05) is 0 Å². The minimum atomic E-state index is -0.0767. The number of likely N-dealkylation sites (tertiary alicyclic amines) is 1. The molecule has 1 fully saturated rings. The molecule has 3 rings (SSSR count). The zero-order chi connectivity index (χ0) is 16.9. The first-order chi connectivity index (χ1) is 11.7. The van der Waals surface area contributed by atoms with Crippen LogP contribution in [0.15, 0.2) is 41.8 Å². The van der Waals surface area contributed by atoms with Crippen LogP contribution in [0.5, 0.6) is 0 Å². The summed E-state index contributed by atoms with van der Waals surface area (Å²) in [5, 5.41) is 14.1. The highest BCUT2D eigenvalue weighted by molar-refractivity contribution is 7.10. The maximum atomic E-state index is 12.5. The first-order valence-corrected chi connectivity index (χ1v) is 9.26. The smallest absolute Gasteiger partial charge is 0.251 e. The van der Waals surface area contributed by atoms with Gasteiger partial charge in [0.25, 0.3) is 5.91 Å². The fraction of sp³-hybridized carbons (Fsp3) is 0.368. The Kier molecular flexibility index (Phi) is 5.29. The van der Waals surface area contributed by atoms with E-state index >= 15 is 0 Å². The Balaban J connectivity index is 1.73. The SMILES string of the molecule is C[C@H](NC(=O)c1ccc(C#N)cc1)[C@H](c1cccs1)[NH+]1CCCC1. The standard InChI is InChI=1S/C19H21N3OS/c1-14(21-19(23)16-8-6-15(13-20)7-9-16)18(17-5-4-12-24-17)22-10-2-3-11-22/h4-9,12,14,18H,2-3,10-11H2,1H3,(H,21,23)/p+1/t14-,18+/m0/s1. The number of nitrogens with one attached hydrogen (secondary N) is 2. The molecule has 4 nitrogen and oxygen atoms in total. The third kappa shape index (κ3) is 3.66. The Morgan fingerprint density at radius 3 is 2.54 bits per heavy atom. The molecule has 1 amide bonds. The number of thiophene rings is 1. The lowest BCUT2D eigenvalue weighted by molar-refractivity contribution is -0.920. The van der Waals surface area contributed by atoms with Crippen molar-refractivity contribution in [2.24, 2.45) is 0 Å². The molecule has 1 saturated heterocycles. The minimum absolute atomic E-state index is 0.0555. The summed E-state index contributed by atoms with van der Waals surface area (Å²) >= 11 is 1.77. The van der Waals surface area contributed by atoms with Crippen molar-refractivity contribution in [1.82, 2.24) is 5.32 Å². The van der Waals surface area contributed by atoms with Crippen LogP contribution in [0, 0.1) is 11.3 Å². The van der Waals surface area contributed by atoms with E-state index in [0.29, 0.717) is 17.2 Å². The molecule has 2 aromatic rings. The van der Waals surface area contributed by atoms with Gasteiger partial charge in [-0.15, -0.1) is 11.3 Å². The lowest BCUT2D eigenvalue weighted by Crippen LogP contribution is -3.11. The van der Waals surface area contributed by atoms with Crippen LogP contribution in [0.25, 0.3) is 0 Å². The predicted octanol–water partition coefficient (Wildman–Crippen LogP) is 2.16. The van der Waals surface area contributed by atoms with Gasteiger partial charge in [-0.1, -0.05) is 6.07 Å². The van der Waals surface area contributed by atoms with Crippen LogP contribution >= 0.6 is 11.3 Å². The van der Waals surface area contributed by atoms with E-state index in [0.717, 1.165) is 0 Å². The highest BCUT2D eigenvalue weighted by atomic mass is 32.1. The van der Waals surface area contributed by atoms with Crippen molar-refractivity contribution in [3.63, 3.8) is 0 Å². The molecule has 5 heteroatoms. The third-order valence-electron chi connectivity index (χ3n) is 4.67. The maximum Gasteiger partial charge on any atom is 0.251 e. The average Bonchev–Trinajstić information content (AvgIpc) is 3.29. The van der Waals surface area contributed by atoms with E-state index in [2.05, 4.69) is 35.8 Å². The fourth-order valence-electron chi connectivity index (χ4n) is 3.48. The Labute approximate surface area is 146 Å². The van der Waals surface area contributed by atoms with E-state index < -0.39 is 0 Å². The van der Waals surface area contributed by atoms with Gasteiger partial charge in [0, 0.05) is 18.4 Å². The molecule has 0 radical (unpaired) electrons. The molecule has 1 aromatic carbocycles. The summed E-state index contributed by atoms with van der Waals surface area (Å²) in [7, 11) is 0. The molecule has 24 heavy (non-hydrogen) atoms. The number of nitrogens with zero attached hydrogens (tertiary/aromatic N) is 1. The van der Waals surface area contributed by atoms with Gasteiger partial charge in [0.05, 0.1) is 35.6 Å². The molecule has 0 unspecified atom stereocenters. The van der Waals surface area contributed by atoms with Crippen molar-refractivity contribution in [2.45, 2.75) is 31.8 Å². The Bertz CT molecular complexity index is 712. The topological polar surface area (TPSA) is 57.3 Å². The van der Waals surface area contributed by atoms with Crippen LogP contribution in [0.2, 0.25) is 0 Å². The van der Waals surface area contributed by atoms with Crippen LogP contribution in [0.4, 0.5) is 0 Å².